The van der Waals surface area contributed by atoms with Gasteiger partial charge in [-0.1, -0.05) is 25.4 Å². The normalized spacial score (nSPS) is 30.2. The van der Waals surface area contributed by atoms with Gasteiger partial charge in [0, 0.05) is 24.4 Å². The van der Waals surface area contributed by atoms with Gasteiger partial charge >= 0.3 is 0 Å². The molecule has 1 saturated carbocycles. The molecule has 0 saturated heterocycles. The Hall–Kier alpha value is -0.600. The summed E-state index contributed by atoms with van der Waals surface area (Å²) >= 11 is 6.03. The van der Waals surface area contributed by atoms with E-state index in [4.69, 9.17) is 17.3 Å². The molecule has 2 rings (SSSR count). The number of nitrogens with zero attached hydrogens (tertiary/aromatic N) is 1. The molecule has 0 spiro atoms. The molecule has 0 aliphatic heterocycles. The highest BCUT2D eigenvalue weighted by molar-refractivity contribution is 6.31. The average molecular weight is 197 g/mol. The van der Waals surface area contributed by atoms with Crippen molar-refractivity contribution in [2.45, 2.75) is 25.8 Å². The van der Waals surface area contributed by atoms with Crippen LogP contribution in [0.5, 0.6) is 0 Å². The Morgan fingerprint density at radius 1 is 1.54 bits per heavy atom. The summed E-state index contributed by atoms with van der Waals surface area (Å²) in [7, 11) is 0. The van der Waals surface area contributed by atoms with E-state index in [0.717, 1.165) is 10.6 Å². The van der Waals surface area contributed by atoms with Gasteiger partial charge in [0.2, 0.25) is 0 Å². The maximum atomic E-state index is 6.03. The van der Waals surface area contributed by atoms with Crippen LogP contribution in [0, 0.1) is 5.41 Å². The zero-order valence-corrected chi connectivity index (χ0v) is 8.55. The van der Waals surface area contributed by atoms with E-state index in [9.17, 15) is 0 Å². The number of aromatic nitrogens is 1. The zero-order valence-electron chi connectivity index (χ0n) is 7.79. The molecular formula is C10H13ClN2. The predicted octanol–water partition coefficient (Wildman–Crippen LogP) is 2.19. The summed E-state index contributed by atoms with van der Waals surface area (Å²) in [4.78, 5) is 3.96. The molecule has 1 aliphatic rings. The molecule has 1 aromatic rings. The molecule has 2 atom stereocenters. The molecule has 0 radical (unpaired) electrons. The van der Waals surface area contributed by atoms with Gasteiger partial charge in [-0.25, -0.2) is 0 Å². The first-order valence-electron chi connectivity index (χ1n) is 4.40. The van der Waals surface area contributed by atoms with Crippen LogP contribution in [-0.4, -0.2) is 11.0 Å². The molecule has 70 valence electrons. The third kappa shape index (κ3) is 1.25. The van der Waals surface area contributed by atoms with Crippen molar-refractivity contribution < 1.29 is 0 Å². The van der Waals surface area contributed by atoms with E-state index < -0.39 is 0 Å². The summed E-state index contributed by atoms with van der Waals surface area (Å²) in [6.45, 7) is 4.33. The van der Waals surface area contributed by atoms with E-state index in [1.54, 1.807) is 12.4 Å². The minimum atomic E-state index is 0.186. The van der Waals surface area contributed by atoms with Gasteiger partial charge in [0.25, 0.3) is 0 Å². The van der Waals surface area contributed by atoms with Crippen molar-refractivity contribution in [2.75, 3.05) is 0 Å². The Kier molecular flexibility index (Phi) is 1.86. The van der Waals surface area contributed by atoms with Gasteiger partial charge in [-0.15, -0.1) is 0 Å². The summed E-state index contributed by atoms with van der Waals surface area (Å²) in [6.07, 6.45) is 3.44. The molecular weight excluding hydrogens is 184 g/mol. The number of pyridine rings is 1. The lowest BCUT2D eigenvalue weighted by molar-refractivity contribution is 0.599. The van der Waals surface area contributed by atoms with Gasteiger partial charge in [-0.2, -0.15) is 0 Å². The Morgan fingerprint density at radius 3 is 2.62 bits per heavy atom. The van der Waals surface area contributed by atoms with E-state index in [0.29, 0.717) is 5.92 Å². The first kappa shape index (κ1) is 8.97. The Morgan fingerprint density at radius 2 is 2.15 bits per heavy atom. The summed E-state index contributed by atoms with van der Waals surface area (Å²) < 4.78 is 0. The first-order chi connectivity index (χ1) is 6.05. The van der Waals surface area contributed by atoms with Gasteiger partial charge < -0.3 is 5.73 Å². The maximum Gasteiger partial charge on any atom is 0.0624 e. The van der Waals surface area contributed by atoms with E-state index in [2.05, 4.69) is 18.8 Å². The molecule has 1 aromatic heterocycles. The monoisotopic (exact) mass is 196 g/mol. The maximum absolute atomic E-state index is 6.03. The first-order valence-corrected chi connectivity index (χ1v) is 4.78. The topological polar surface area (TPSA) is 38.9 Å². The lowest BCUT2D eigenvalue weighted by Crippen LogP contribution is -2.06. The van der Waals surface area contributed by atoms with Crippen LogP contribution in [0.15, 0.2) is 18.5 Å². The summed E-state index contributed by atoms with van der Waals surface area (Å²) in [5.74, 6) is 0.392. The van der Waals surface area contributed by atoms with Crippen LogP contribution in [-0.2, 0) is 0 Å². The molecule has 1 fully saturated rings. The number of nitrogens with two attached hydrogens (primary N) is 1. The summed E-state index contributed by atoms with van der Waals surface area (Å²) in [5, 5.41) is 0.730. The van der Waals surface area contributed by atoms with E-state index in [1.807, 2.05) is 6.07 Å². The second-order valence-electron chi connectivity index (χ2n) is 4.22. The Labute approximate surface area is 83.1 Å². The van der Waals surface area contributed by atoms with Crippen molar-refractivity contribution in [1.29, 1.82) is 0 Å². The number of rotatable bonds is 1. The fourth-order valence-electron chi connectivity index (χ4n) is 1.91. The fraction of sp³-hybridized carbons (Fsp3) is 0.500. The van der Waals surface area contributed by atoms with Gasteiger partial charge in [0.05, 0.1) is 5.02 Å². The molecule has 1 aliphatic carbocycles. The molecule has 1 heterocycles. The largest absolute Gasteiger partial charge is 0.327 e. The Bertz CT molecular complexity index is 335. The lowest BCUT2D eigenvalue weighted by Gasteiger charge is -2.03. The van der Waals surface area contributed by atoms with Crippen molar-refractivity contribution in [2.24, 2.45) is 11.1 Å². The van der Waals surface area contributed by atoms with Crippen LogP contribution in [0.3, 0.4) is 0 Å². The van der Waals surface area contributed by atoms with E-state index in [1.165, 1.54) is 0 Å². The summed E-state index contributed by atoms with van der Waals surface area (Å²) in [5.41, 5.74) is 7.29. The molecule has 2 N–H and O–H groups in total. The molecule has 2 nitrogen and oxygen atoms in total. The molecule has 0 amide bonds. The standard InChI is InChI=1S/C10H13ClN2/c1-10(2)8(9(10)12)6-3-4-13-5-7(6)11/h3-5,8-9H,12H2,1-2H3/t8-,9-/m0/s1. The molecule has 0 unspecified atom stereocenters. The van der Waals surface area contributed by atoms with Gasteiger partial charge in [0.15, 0.2) is 0 Å². The van der Waals surface area contributed by atoms with E-state index in [-0.39, 0.29) is 11.5 Å². The zero-order chi connectivity index (χ0) is 9.64. The van der Waals surface area contributed by atoms with Crippen LogP contribution in [0.1, 0.15) is 25.3 Å². The quantitative estimate of drug-likeness (QED) is 0.748. The number of hydrogen-bond acceptors (Lipinski definition) is 2. The number of halogens is 1. The van der Waals surface area contributed by atoms with Crippen LogP contribution in [0.2, 0.25) is 5.02 Å². The highest BCUT2D eigenvalue weighted by atomic mass is 35.5. The Balaban J connectivity index is 2.34. The molecule has 0 aromatic carbocycles. The lowest BCUT2D eigenvalue weighted by atomic mass is 10.0. The second kappa shape index (κ2) is 2.69. The smallest absolute Gasteiger partial charge is 0.0624 e. The predicted molar refractivity (Wildman–Crippen MR) is 53.7 cm³/mol. The van der Waals surface area contributed by atoms with Gasteiger partial charge in [-0.05, 0) is 17.0 Å². The van der Waals surface area contributed by atoms with E-state index >= 15 is 0 Å². The minimum Gasteiger partial charge on any atom is -0.327 e. The third-order valence-corrected chi connectivity index (χ3v) is 3.37. The molecule has 3 heteroatoms. The van der Waals surface area contributed by atoms with Crippen LogP contribution < -0.4 is 5.73 Å². The molecule has 0 bridgehead atoms. The second-order valence-corrected chi connectivity index (χ2v) is 4.63. The van der Waals surface area contributed by atoms with Crippen molar-refractivity contribution >= 4 is 11.6 Å². The van der Waals surface area contributed by atoms with Crippen molar-refractivity contribution in [1.82, 2.24) is 4.98 Å². The average Bonchev–Trinajstić information content (AvgIpc) is 2.54. The van der Waals surface area contributed by atoms with Crippen molar-refractivity contribution in [3.63, 3.8) is 0 Å². The third-order valence-electron chi connectivity index (χ3n) is 3.05. The molecule has 13 heavy (non-hydrogen) atoms. The highest BCUT2D eigenvalue weighted by Gasteiger charge is 2.56. The van der Waals surface area contributed by atoms with Crippen molar-refractivity contribution in [3.05, 3.63) is 29.0 Å². The van der Waals surface area contributed by atoms with Crippen molar-refractivity contribution in [3.8, 4) is 0 Å². The van der Waals surface area contributed by atoms with Crippen LogP contribution in [0.4, 0.5) is 0 Å². The summed E-state index contributed by atoms with van der Waals surface area (Å²) in [6, 6.07) is 2.19. The van der Waals surface area contributed by atoms with Gasteiger partial charge in [0.1, 0.15) is 0 Å². The number of hydrogen-bond donors (Lipinski definition) is 1. The SMILES string of the molecule is CC1(C)[C@@H](N)[C@@H]1c1ccncc1Cl. The van der Waals surface area contributed by atoms with Crippen LogP contribution in [0.25, 0.3) is 0 Å². The van der Waals surface area contributed by atoms with Gasteiger partial charge in [-0.3, -0.25) is 4.98 Å². The highest BCUT2D eigenvalue weighted by Crippen LogP contribution is 2.58. The van der Waals surface area contributed by atoms with Crippen LogP contribution >= 0.6 is 11.6 Å². The fourth-order valence-corrected chi connectivity index (χ4v) is 2.15. The minimum absolute atomic E-state index is 0.186.